The van der Waals surface area contributed by atoms with Gasteiger partial charge in [-0.3, -0.25) is 4.90 Å². The second kappa shape index (κ2) is 6.94. The molecule has 3 heteroatoms. The van der Waals surface area contributed by atoms with Crippen LogP contribution >= 0.6 is 11.8 Å². The Morgan fingerprint density at radius 3 is 2.31 bits per heavy atom. The van der Waals surface area contributed by atoms with E-state index in [9.17, 15) is 0 Å². The summed E-state index contributed by atoms with van der Waals surface area (Å²) in [6, 6.07) is 9.18. The lowest BCUT2D eigenvalue weighted by Crippen LogP contribution is -2.30. The van der Waals surface area contributed by atoms with E-state index in [1.807, 2.05) is 11.8 Å². The maximum absolute atomic E-state index is 5.58. The first-order chi connectivity index (χ1) is 7.67. The summed E-state index contributed by atoms with van der Waals surface area (Å²) in [7, 11) is 2.18. The summed E-state index contributed by atoms with van der Waals surface area (Å²) in [6.45, 7) is 3.90. The van der Waals surface area contributed by atoms with Crippen LogP contribution in [0.25, 0.3) is 0 Å². The van der Waals surface area contributed by atoms with Crippen LogP contribution < -0.4 is 5.73 Å². The van der Waals surface area contributed by atoms with Crippen LogP contribution in [-0.2, 0) is 13.1 Å². The molecule has 16 heavy (non-hydrogen) atoms. The number of benzene rings is 1. The third kappa shape index (κ3) is 4.16. The van der Waals surface area contributed by atoms with E-state index in [0.717, 1.165) is 6.54 Å². The summed E-state index contributed by atoms with van der Waals surface area (Å²) in [4.78, 5) is 2.38. The third-order valence-electron chi connectivity index (χ3n) is 2.85. The molecule has 0 aliphatic carbocycles. The van der Waals surface area contributed by atoms with Gasteiger partial charge in [0.05, 0.1) is 0 Å². The van der Waals surface area contributed by atoms with E-state index < -0.39 is 0 Å². The van der Waals surface area contributed by atoms with Crippen LogP contribution in [0.2, 0.25) is 0 Å². The summed E-state index contributed by atoms with van der Waals surface area (Å²) >= 11 is 1.90. The quantitative estimate of drug-likeness (QED) is 0.825. The molecular formula is C13H22N2S. The zero-order valence-corrected chi connectivity index (χ0v) is 11.3. The molecule has 0 spiro atoms. The van der Waals surface area contributed by atoms with E-state index >= 15 is 0 Å². The molecule has 0 aromatic heterocycles. The number of nitrogens with two attached hydrogens (primary N) is 1. The van der Waals surface area contributed by atoms with Gasteiger partial charge in [-0.05, 0) is 31.4 Å². The number of hydrogen-bond donors (Lipinski definition) is 1. The van der Waals surface area contributed by atoms with Gasteiger partial charge in [0.25, 0.3) is 0 Å². The lowest BCUT2D eigenvalue weighted by atomic mass is 10.1. The van der Waals surface area contributed by atoms with Gasteiger partial charge in [-0.25, -0.2) is 0 Å². The molecule has 2 N–H and O–H groups in total. The Hall–Kier alpha value is -0.510. The van der Waals surface area contributed by atoms with Gasteiger partial charge in [-0.2, -0.15) is 11.8 Å². The van der Waals surface area contributed by atoms with Crippen LogP contribution in [0.15, 0.2) is 24.3 Å². The molecule has 1 aromatic carbocycles. The maximum atomic E-state index is 5.58. The second-order valence-electron chi connectivity index (χ2n) is 4.24. The lowest BCUT2D eigenvalue weighted by Gasteiger charge is -2.24. The summed E-state index contributed by atoms with van der Waals surface area (Å²) in [5.74, 6) is 1.18. The molecule has 0 amide bonds. The van der Waals surface area contributed by atoms with E-state index in [0.29, 0.717) is 12.6 Å². The van der Waals surface area contributed by atoms with Crippen molar-refractivity contribution in [2.45, 2.75) is 26.1 Å². The Kier molecular flexibility index (Phi) is 5.88. The summed E-state index contributed by atoms with van der Waals surface area (Å²) in [6.07, 6.45) is 2.15. The van der Waals surface area contributed by atoms with Crippen LogP contribution in [0, 0.1) is 0 Å². The molecule has 2 nitrogen and oxygen atoms in total. The van der Waals surface area contributed by atoms with E-state index in [-0.39, 0.29) is 0 Å². The normalized spacial score (nSPS) is 13.1. The first-order valence-corrected chi connectivity index (χ1v) is 7.03. The van der Waals surface area contributed by atoms with Gasteiger partial charge in [0.2, 0.25) is 0 Å². The topological polar surface area (TPSA) is 29.3 Å². The van der Waals surface area contributed by atoms with E-state index in [1.165, 1.54) is 16.9 Å². The highest BCUT2D eigenvalue weighted by Crippen LogP contribution is 2.10. The number of nitrogens with zero attached hydrogens (tertiary/aromatic N) is 1. The van der Waals surface area contributed by atoms with Crippen molar-refractivity contribution in [3.63, 3.8) is 0 Å². The fourth-order valence-electron chi connectivity index (χ4n) is 1.59. The molecule has 1 unspecified atom stereocenters. The first kappa shape index (κ1) is 13.6. The van der Waals surface area contributed by atoms with Crippen molar-refractivity contribution in [1.29, 1.82) is 0 Å². The third-order valence-corrected chi connectivity index (χ3v) is 3.67. The van der Waals surface area contributed by atoms with Crippen molar-refractivity contribution in [2.75, 3.05) is 19.1 Å². The molecule has 1 atom stereocenters. The van der Waals surface area contributed by atoms with Gasteiger partial charge in [-0.1, -0.05) is 24.3 Å². The second-order valence-corrected chi connectivity index (χ2v) is 5.15. The Bertz CT molecular complexity index is 297. The van der Waals surface area contributed by atoms with Gasteiger partial charge in [0.15, 0.2) is 0 Å². The zero-order valence-electron chi connectivity index (χ0n) is 10.4. The predicted octanol–water partition coefficient (Wildman–Crippen LogP) is 2.33. The Morgan fingerprint density at radius 2 is 1.81 bits per heavy atom. The van der Waals surface area contributed by atoms with Gasteiger partial charge >= 0.3 is 0 Å². The highest BCUT2D eigenvalue weighted by Gasteiger charge is 2.08. The molecule has 90 valence electrons. The fourth-order valence-corrected chi connectivity index (χ4v) is 2.33. The highest BCUT2D eigenvalue weighted by molar-refractivity contribution is 7.98. The smallest absolute Gasteiger partial charge is 0.0233 e. The number of hydrogen-bond acceptors (Lipinski definition) is 3. The van der Waals surface area contributed by atoms with E-state index in [4.69, 9.17) is 5.73 Å². The molecule has 0 heterocycles. The van der Waals surface area contributed by atoms with E-state index in [2.05, 4.69) is 49.4 Å². The van der Waals surface area contributed by atoms with Gasteiger partial charge in [-0.15, -0.1) is 0 Å². The molecule has 0 aliphatic heterocycles. The molecule has 0 radical (unpaired) electrons. The number of rotatable bonds is 6. The van der Waals surface area contributed by atoms with Gasteiger partial charge in [0, 0.05) is 24.9 Å². The molecular weight excluding hydrogens is 216 g/mol. The Morgan fingerprint density at radius 1 is 1.25 bits per heavy atom. The van der Waals surface area contributed by atoms with Crippen LogP contribution in [0.3, 0.4) is 0 Å². The Labute approximate surface area is 103 Å². The lowest BCUT2D eigenvalue weighted by molar-refractivity contribution is 0.270. The highest BCUT2D eigenvalue weighted by atomic mass is 32.2. The van der Waals surface area contributed by atoms with Crippen LogP contribution in [0.1, 0.15) is 18.1 Å². The SMILES string of the molecule is CSCC(C)N(C)Cc1ccc(CN)cc1. The molecule has 0 fully saturated rings. The largest absolute Gasteiger partial charge is 0.326 e. The minimum atomic E-state index is 0.615. The van der Waals surface area contributed by atoms with Crippen molar-refractivity contribution < 1.29 is 0 Å². The van der Waals surface area contributed by atoms with Crippen molar-refractivity contribution in [3.8, 4) is 0 Å². The number of thioether (sulfide) groups is 1. The Balaban J connectivity index is 2.52. The van der Waals surface area contributed by atoms with Crippen molar-refractivity contribution in [2.24, 2.45) is 5.73 Å². The molecule has 0 saturated heterocycles. The van der Waals surface area contributed by atoms with Crippen molar-refractivity contribution in [3.05, 3.63) is 35.4 Å². The predicted molar refractivity (Wildman–Crippen MR) is 73.6 cm³/mol. The minimum absolute atomic E-state index is 0.615. The zero-order chi connectivity index (χ0) is 12.0. The van der Waals surface area contributed by atoms with Crippen molar-refractivity contribution in [1.82, 2.24) is 4.90 Å². The monoisotopic (exact) mass is 238 g/mol. The van der Waals surface area contributed by atoms with Crippen LogP contribution in [0.4, 0.5) is 0 Å². The van der Waals surface area contributed by atoms with E-state index in [1.54, 1.807) is 0 Å². The average molecular weight is 238 g/mol. The molecule has 0 saturated carbocycles. The van der Waals surface area contributed by atoms with Crippen molar-refractivity contribution >= 4 is 11.8 Å². The van der Waals surface area contributed by atoms with Crippen LogP contribution in [-0.4, -0.2) is 30.0 Å². The molecule has 0 bridgehead atoms. The summed E-state index contributed by atoms with van der Waals surface area (Å²) < 4.78 is 0. The first-order valence-electron chi connectivity index (χ1n) is 5.64. The molecule has 0 aliphatic rings. The summed E-state index contributed by atoms with van der Waals surface area (Å²) in [5, 5.41) is 0. The maximum Gasteiger partial charge on any atom is 0.0233 e. The summed E-state index contributed by atoms with van der Waals surface area (Å²) in [5.41, 5.74) is 8.13. The van der Waals surface area contributed by atoms with Gasteiger partial charge in [0.1, 0.15) is 0 Å². The minimum Gasteiger partial charge on any atom is -0.326 e. The van der Waals surface area contributed by atoms with Crippen LogP contribution in [0.5, 0.6) is 0 Å². The molecule has 1 aromatic rings. The van der Waals surface area contributed by atoms with Gasteiger partial charge < -0.3 is 5.73 Å². The standard InChI is InChI=1S/C13H22N2S/c1-11(10-16-3)15(2)9-13-6-4-12(8-14)5-7-13/h4-7,11H,8-10,14H2,1-3H3. The molecule has 1 rings (SSSR count). The fraction of sp³-hybridized carbons (Fsp3) is 0.538. The average Bonchev–Trinajstić information content (AvgIpc) is 2.30.